The normalized spacial score (nSPS) is 11.2. The maximum absolute atomic E-state index is 11.5. The van der Waals surface area contributed by atoms with E-state index in [1.54, 1.807) is 50.2 Å². The fourth-order valence-electron chi connectivity index (χ4n) is 2.00. The summed E-state index contributed by atoms with van der Waals surface area (Å²) in [5.41, 5.74) is 0.861. The largest absolute Gasteiger partial charge is 0.481 e. The van der Waals surface area contributed by atoms with E-state index in [1.807, 2.05) is 6.07 Å². The maximum Gasteiger partial charge on any atom is 0.313 e. The predicted octanol–water partition coefficient (Wildman–Crippen LogP) is 5.10. The maximum atomic E-state index is 11.5. The van der Waals surface area contributed by atoms with Crippen molar-refractivity contribution in [2.45, 2.75) is 19.3 Å². The molecule has 5 heteroatoms. The lowest BCUT2D eigenvalue weighted by atomic mass is 9.83. The first-order valence-corrected chi connectivity index (χ1v) is 7.13. The fourth-order valence-corrected chi connectivity index (χ4v) is 2.50. The quantitative estimate of drug-likeness (QED) is 0.822. The minimum Gasteiger partial charge on any atom is -0.481 e. The molecular weight excluding hydrogens is 309 g/mol. The molecule has 0 unspecified atom stereocenters. The number of carbonyl (C=O) groups is 1. The summed E-state index contributed by atoms with van der Waals surface area (Å²) in [4.78, 5) is 11.5. The van der Waals surface area contributed by atoms with Crippen molar-refractivity contribution in [2.24, 2.45) is 0 Å². The lowest BCUT2D eigenvalue weighted by molar-refractivity contribution is -0.142. The van der Waals surface area contributed by atoms with Crippen molar-refractivity contribution in [1.29, 1.82) is 0 Å². The standard InChI is InChI=1S/C16H15Cl2NO2/c1-16(2,15(20)21)10-6-3-4-9-13(10)19-14-11(17)7-5-8-12(14)18/h3-9,19H,1-2H3,(H,20,21). The van der Waals surface area contributed by atoms with Crippen LogP contribution in [0.15, 0.2) is 42.5 Å². The third-order valence-corrected chi connectivity index (χ3v) is 3.99. The van der Waals surface area contributed by atoms with E-state index >= 15 is 0 Å². The van der Waals surface area contributed by atoms with Crippen molar-refractivity contribution in [3.05, 3.63) is 58.1 Å². The van der Waals surface area contributed by atoms with Crippen LogP contribution in [0, 0.1) is 0 Å². The minimum absolute atomic E-state index is 0.477. The summed E-state index contributed by atoms with van der Waals surface area (Å²) in [6, 6.07) is 12.4. The van der Waals surface area contributed by atoms with Crippen LogP contribution in [-0.4, -0.2) is 11.1 Å². The number of benzene rings is 2. The molecule has 0 atom stereocenters. The molecule has 0 amide bonds. The van der Waals surface area contributed by atoms with E-state index in [-0.39, 0.29) is 0 Å². The first-order chi connectivity index (χ1) is 9.84. The Hall–Kier alpha value is -1.71. The van der Waals surface area contributed by atoms with Crippen LogP contribution in [0.5, 0.6) is 0 Å². The molecule has 0 fully saturated rings. The lowest BCUT2D eigenvalue weighted by Crippen LogP contribution is -2.29. The highest BCUT2D eigenvalue weighted by Crippen LogP contribution is 2.36. The first kappa shape index (κ1) is 15.7. The number of carboxylic acids is 1. The molecule has 0 aliphatic rings. The summed E-state index contributed by atoms with van der Waals surface area (Å²) in [7, 11) is 0. The van der Waals surface area contributed by atoms with E-state index in [0.29, 0.717) is 27.0 Å². The Morgan fingerprint density at radius 3 is 2.19 bits per heavy atom. The van der Waals surface area contributed by atoms with Crippen LogP contribution in [-0.2, 0) is 10.2 Å². The van der Waals surface area contributed by atoms with Crippen LogP contribution in [0.25, 0.3) is 0 Å². The number of carboxylic acid groups (broad SMARTS) is 1. The Morgan fingerprint density at radius 1 is 1.05 bits per heavy atom. The van der Waals surface area contributed by atoms with Crippen LogP contribution in [0.2, 0.25) is 10.0 Å². The van der Waals surface area contributed by atoms with E-state index < -0.39 is 11.4 Å². The van der Waals surface area contributed by atoms with Crippen LogP contribution in [0.4, 0.5) is 11.4 Å². The first-order valence-electron chi connectivity index (χ1n) is 6.38. The van der Waals surface area contributed by atoms with Crippen LogP contribution in [0.3, 0.4) is 0 Å². The smallest absolute Gasteiger partial charge is 0.313 e. The summed E-state index contributed by atoms with van der Waals surface area (Å²) in [6.45, 7) is 3.31. The van der Waals surface area contributed by atoms with Crippen molar-refractivity contribution < 1.29 is 9.90 Å². The van der Waals surface area contributed by atoms with Gasteiger partial charge in [-0.3, -0.25) is 4.79 Å². The Bertz CT molecular complexity index is 663. The summed E-state index contributed by atoms with van der Waals surface area (Å²) in [5, 5.41) is 13.5. The highest BCUT2D eigenvalue weighted by molar-refractivity contribution is 6.39. The van der Waals surface area contributed by atoms with Crippen molar-refractivity contribution in [2.75, 3.05) is 5.32 Å². The summed E-state index contributed by atoms with van der Waals surface area (Å²) >= 11 is 12.3. The van der Waals surface area contributed by atoms with Gasteiger partial charge in [0.1, 0.15) is 0 Å². The zero-order valence-electron chi connectivity index (χ0n) is 11.7. The second kappa shape index (κ2) is 5.96. The van der Waals surface area contributed by atoms with Crippen molar-refractivity contribution in [3.63, 3.8) is 0 Å². The molecule has 2 rings (SSSR count). The average Bonchev–Trinajstić information content (AvgIpc) is 2.43. The molecule has 3 nitrogen and oxygen atoms in total. The number of hydrogen-bond donors (Lipinski definition) is 2. The highest BCUT2D eigenvalue weighted by atomic mass is 35.5. The Labute approximate surface area is 133 Å². The van der Waals surface area contributed by atoms with Crippen molar-refractivity contribution in [3.8, 4) is 0 Å². The average molecular weight is 324 g/mol. The van der Waals surface area contributed by atoms with Crippen molar-refractivity contribution in [1.82, 2.24) is 0 Å². The topological polar surface area (TPSA) is 49.3 Å². The second-order valence-electron chi connectivity index (χ2n) is 5.20. The Morgan fingerprint density at radius 2 is 1.62 bits per heavy atom. The second-order valence-corrected chi connectivity index (χ2v) is 6.01. The van der Waals surface area contributed by atoms with Gasteiger partial charge in [0.15, 0.2) is 0 Å². The number of halogens is 2. The highest BCUT2D eigenvalue weighted by Gasteiger charge is 2.31. The minimum atomic E-state index is -1.03. The molecule has 0 radical (unpaired) electrons. The fraction of sp³-hybridized carbons (Fsp3) is 0.188. The van der Waals surface area contributed by atoms with Crippen LogP contribution < -0.4 is 5.32 Å². The van der Waals surface area contributed by atoms with Gasteiger partial charge in [0, 0.05) is 5.69 Å². The molecule has 2 aromatic rings. The van der Waals surface area contributed by atoms with Gasteiger partial charge >= 0.3 is 5.97 Å². The molecule has 0 heterocycles. The van der Waals surface area contributed by atoms with E-state index in [9.17, 15) is 9.90 Å². The summed E-state index contributed by atoms with van der Waals surface area (Å²) < 4.78 is 0. The third kappa shape index (κ3) is 3.14. The van der Waals surface area contributed by atoms with Gasteiger partial charge in [-0.05, 0) is 37.6 Å². The molecule has 110 valence electrons. The molecule has 2 N–H and O–H groups in total. The summed E-state index contributed by atoms with van der Waals surface area (Å²) in [5.74, 6) is -0.901. The third-order valence-electron chi connectivity index (χ3n) is 3.36. The van der Waals surface area contributed by atoms with Gasteiger partial charge in [-0.2, -0.15) is 0 Å². The van der Waals surface area contributed by atoms with Gasteiger partial charge in [-0.25, -0.2) is 0 Å². The van der Waals surface area contributed by atoms with E-state index in [0.717, 1.165) is 0 Å². The molecular formula is C16H15Cl2NO2. The molecule has 0 saturated carbocycles. The molecule has 0 aromatic heterocycles. The van der Waals surface area contributed by atoms with Gasteiger partial charge in [-0.15, -0.1) is 0 Å². The van der Waals surface area contributed by atoms with Crippen LogP contribution >= 0.6 is 23.2 Å². The molecule has 0 saturated heterocycles. The molecule has 21 heavy (non-hydrogen) atoms. The van der Waals surface area contributed by atoms with E-state index in [2.05, 4.69) is 5.32 Å². The molecule has 2 aromatic carbocycles. The molecule has 0 aliphatic heterocycles. The molecule has 0 spiro atoms. The predicted molar refractivity (Wildman–Crippen MR) is 86.8 cm³/mol. The van der Waals surface area contributed by atoms with Gasteiger partial charge in [0.05, 0.1) is 21.1 Å². The van der Waals surface area contributed by atoms with E-state index in [1.165, 1.54) is 0 Å². The number of nitrogens with one attached hydrogen (secondary N) is 1. The zero-order chi connectivity index (χ0) is 15.6. The molecule has 0 aliphatic carbocycles. The number of rotatable bonds is 4. The van der Waals surface area contributed by atoms with Gasteiger partial charge in [-0.1, -0.05) is 47.5 Å². The van der Waals surface area contributed by atoms with Gasteiger partial charge < -0.3 is 10.4 Å². The number of para-hydroxylation sites is 2. The zero-order valence-corrected chi connectivity index (χ0v) is 13.2. The Balaban J connectivity index is 2.49. The number of aliphatic carboxylic acids is 1. The van der Waals surface area contributed by atoms with Crippen molar-refractivity contribution >= 4 is 40.5 Å². The van der Waals surface area contributed by atoms with E-state index in [4.69, 9.17) is 23.2 Å². The Kier molecular flexibility index (Phi) is 4.45. The monoisotopic (exact) mass is 323 g/mol. The number of hydrogen-bond acceptors (Lipinski definition) is 2. The lowest BCUT2D eigenvalue weighted by Gasteiger charge is -2.24. The number of anilines is 2. The van der Waals surface area contributed by atoms with Gasteiger partial charge in [0.25, 0.3) is 0 Å². The van der Waals surface area contributed by atoms with Gasteiger partial charge in [0.2, 0.25) is 0 Å². The summed E-state index contributed by atoms with van der Waals surface area (Å²) in [6.07, 6.45) is 0. The van der Waals surface area contributed by atoms with Crippen LogP contribution in [0.1, 0.15) is 19.4 Å². The SMILES string of the molecule is CC(C)(C(=O)O)c1ccccc1Nc1c(Cl)cccc1Cl. The molecule has 0 bridgehead atoms.